The number of urea groups is 1. The van der Waals surface area contributed by atoms with Gasteiger partial charge >= 0.3 is 6.03 Å². The van der Waals surface area contributed by atoms with Crippen LogP contribution in [0.5, 0.6) is 5.75 Å². The molecule has 3 amide bonds. The highest BCUT2D eigenvalue weighted by Crippen LogP contribution is 2.47. The van der Waals surface area contributed by atoms with E-state index in [-0.39, 0.29) is 31.0 Å². The van der Waals surface area contributed by atoms with Gasteiger partial charge in [-0.2, -0.15) is 0 Å². The molecule has 11 heteroatoms. The number of rotatable bonds is 7. The minimum Gasteiger partial charge on any atom is -0.497 e. The molecule has 0 aromatic heterocycles. The molecule has 182 valence electrons. The lowest BCUT2D eigenvalue weighted by atomic mass is 9.92. The Hall–Kier alpha value is -2.62. The average Bonchev–Trinajstić information content (AvgIpc) is 3.49. The highest BCUT2D eigenvalue weighted by atomic mass is 35.5. The number of carbonyl (C=O) groups excluding carboxylic acids is 2. The second kappa shape index (κ2) is 9.56. The number of halogens is 4. The fourth-order valence-corrected chi connectivity index (χ4v) is 4.94. The first-order chi connectivity index (χ1) is 16.2. The number of amides is 3. The molecule has 2 aromatic carbocycles. The molecule has 0 spiro atoms. The van der Waals surface area contributed by atoms with Crippen molar-refractivity contribution in [3.05, 3.63) is 63.1 Å². The summed E-state index contributed by atoms with van der Waals surface area (Å²) in [6, 6.07) is 5.14. The molecule has 1 aliphatic carbocycles. The number of β-amino-alcohol motifs (C(OH)–C–C–N with tert-alkyl or cyclic N) is 1. The second-order valence-electron chi connectivity index (χ2n) is 8.44. The second-order valence-corrected chi connectivity index (χ2v) is 9.31. The number of methoxy groups -OCH3 is 1. The van der Waals surface area contributed by atoms with E-state index in [0.29, 0.717) is 22.9 Å². The van der Waals surface area contributed by atoms with Gasteiger partial charge in [0.2, 0.25) is 5.91 Å². The van der Waals surface area contributed by atoms with Gasteiger partial charge in [-0.3, -0.25) is 4.79 Å². The molecule has 0 unspecified atom stereocenters. The molecule has 1 saturated heterocycles. The molecule has 2 atom stereocenters. The van der Waals surface area contributed by atoms with E-state index < -0.39 is 41.1 Å². The van der Waals surface area contributed by atoms with Crippen LogP contribution in [-0.4, -0.2) is 54.8 Å². The molecule has 2 aliphatic rings. The lowest BCUT2D eigenvalue weighted by Gasteiger charge is -2.23. The fourth-order valence-electron chi connectivity index (χ4n) is 4.41. The maximum absolute atomic E-state index is 14.8. The third-order valence-corrected chi connectivity index (χ3v) is 6.67. The lowest BCUT2D eigenvalue weighted by Crippen LogP contribution is -2.50. The monoisotopic (exact) mass is 513 g/mol. The molecule has 2 aromatic rings. The Labute approximate surface area is 205 Å². The number of carbonyl (C=O) groups is 2. The van der Waals surface area contributed by atoms with Crippen LogP contribution in [0.2, 0.25) is 10.0 Å². The smallest absolute Gasteiger partial charge is 0.316 e. The Kier molecular flexibility index (Phi) is 6.89. The van der Waals surface area contributed by atoms with Crippen LogP contribution in [0.15, 0.2) is 30.3 Å². The van der Waals surface area contributed by atoms with E-state index in [4.69, 9.17) is 27.9 Å². The zero-order valence-corrected chi connectivity index (χ0v) is 19.7. The molecule has 1 saturated carbocycles. The molecule has 7 nitrogen and oxygen atoms in total. The largest absolute Gasteiger partial charge is 0.497 e. The summed E-state index contributed by atoms with van der Waals surface area (Å²) in [7, 11) is 1.28. The highest BCUT2D eigenvalue weighted by Gasteiger charge is 2.48. The first-order valence-corrected chi connectivity index (χ1v) is 11.4. The summed E-state index contributed by atoms with van der Waals surface area (Å²) < 4.78 is 34.5. The van der Waals surface area contributed by atoms with E-state index >= 15 is 0 Å². The van der Waals surface area contributed by atoms with Gasteiger partial charge in [0.25, 0.3) is 0 Å². The Bertz CT molecular complexity index is 1090. The Morgan fingerprint density at radius 2 is 1.79 bits per heavy atom. The summed E-state index contributed by atoms with van der Waals surface area (Å²) >= 11 is 12.2. The minimum atomic E-state index is -1.23. The van der Waals surface area contributed by atoms with E-state index in [1.807, 2.05) is 0 Å². The molecule has 4 rings (SSSR count). The number of hydrogen-bond donors (Lipinski definition) is 3. The Balaban J connectivity index is 1.58. The summed E-state index contributed by atoms with van der Waals surface area (Å²) in [5.41, 5.74) is -0.303. The SMILES string of the molecule is COc1cc(F)c([C@@H]2CN(CCO)C(=O)[C@H]2NC(=O)NC2(c3cc(Cl)cc(Cl)c3)CC2)c(F)c1. The van der Waals surface area contributed by atoms with Gasteiger partial charge in [-0.1, -0.05) is 23.2 Å². The van der Waals surface area contributed by atoms with Crippen LogP contribution in [0.3, 0.4) is 0 Å². The number of ether oxygens (including phenoxy) is 1. The third-order valence-electron chi connectivity index (χ3n) is 6.23. The van der Waals surface area contributed by atoms with Crippen LogP contribution in [0, 0.1) is 11.6 Å². The van der Waals surface area contributed by atoms with Crippen molar-refractivity contribution in [2.45, 2.75) is 30.3 Å². The van der Waals surface area contributed by atoms with Crippen LogP contribution in [0.25, 0.3) is 0 Å². The van der Waals surface area contributed by atoms with Crippen LogP contribution in [0.4, 0.5) is 13.6 Å². The van der Waals surface area contributed by atoms with Crippen molar-refractivity contribution in [2.75, 3.05) is 26.8 Å². The lowest BCUT2D eigenvalue weighted by molar-refractivity contribution is -0.129. The van der Waals surface area contributed by atoms with Crippen molar-refractivity contribution in [3.63, 3.8) is 0 Å². The predicted molar refractivity (Wildman–Crippen MR) is 122 cm³/mol. The maximum Gasteiger partial charge on any atom is 0.316 e. The molecule has 1 aliphatic heterocycles. The number of hydrogen-bond acceptors (Lipinski definition) is 4. The number of benzene rings is 2. The molecule has 2 fully saturated rings. The van der Waals surface area contributed by atoms with Crippen LogP contribution in [-0.2, 0) is 10.3 Å². The average molecular weight is 514 g/mol. The zero-order chi connectivity index (χ0) is 24.6. The first-order valence-electron chi connectivity index (χ1n) is 10.7. The van der Waals surface area contributed by atoms with Gasteiger partial charge < -0.3 is 25.4 Å². The van der Waals surface area contributed by atoms with Gasteiger partial charge in [0.05, 0.1) is 19.3 Å². The van der Waals surface area contributed by atoms with Crippen LogP contribution < -0.4 is 15.4 Å². The van der Waals surface area contributed by atoms with Gasteiger partial charge in [-0.05, 0) is 36.6 Å². The normalized spacial score (nSPS) is 20.9. The highest BCUT2D eigenvalue weighted by molar-refractivity contribution is 6.34. The van der Waals surface area contributed by atoms with Crippen molar-refractivity contribution >= 4 is 35.1 Å². The minimum absolute atomic E-state index is 0.00611. The van der Waals surface area contributed by atoms with Crippen molar-refractivity contribution < 1.29 is 28.2 Å². The van der Waals surface area contributed by atoms with Crippen molar-refractivity contribution in [2.24, 2.45) is 0 Å². The summed E-state index contributed by atoms with van der Waals surface area (Å²) in [5.74, 6) is -3.33. The van der Waals surface area contributed by atoms with Crippen molar-refractivity contribution in [1.82, 2.24) is 15.5 Å². The number of aliphatic hydroxyl groups excluding tert-OH is 1. The van der Waals surface area contributed by atoms with Crippen molar-refractivity contribution in [3.8, 4) is 5.75 Å². The Morgan fingerprint density at radius 1 is 1.18 bits per heavy atom. The molecule has 0 radical (unpaired) electrons. The maximum atomic E-state index is 14.8. The molecular weight excluding hydrogens is 491 g/mol. The quantitative estimate of drug-likeness (QED) is 0.527. The van der Waals surface area contributed by atoms with Crippen molar-refractivity contribution in [1.29, 1.82) is 0 Å². The summed E-state index contributed by atoms with van der Waals surface area (Å²) in [6.07, 6.45) is 1.27. The van der Waals surface area contributed by atoms with E-state index in [1.165, 1.54) is 12.0 Å². The number of likely N-dealkylation sites (tertiary alicyclic amines) is 1. The first kappa shape index (κ1) is 24.5. The van der Waals surface area contributed by atoms with E-state index in [9.17, 15) is 23.5 Å². The van der Waals surface area contributed by atoms with Gasteiger partial charge in [-0.15, -0.1) is 0 Å². The third kappa shape index (κ3) is 4.78. The molecular formula is C23H23Cl2F2N3O4. The zero-order valence-electron chi connectivity index (χ0n) is 18.2. The molecule has 0 bridgehead atoms. The van der Waals surface area contributed by atoms with E-state index in [2.05, 4.69) is 10.6 Å². The summed E-state index contributed by atoms with van der Waals surface area (Å²) in [6.45, 7) is -0.428. The van der Waals surface area contributed by atoms with Gasteiger partial charge in [-0.25, -0.2) is 13.6 Å². The van der Waals surface area contributed by atoms with Gasteiger partial charge in [0, 0.05) is 46.7 Å². The molecule has 1 heterocycles. The van der Waals surface area contributed by atoms with E-state index in [0.717, 1.165) is 17.7 Å². The van der Waals surface area contributed by atoms with Crippen LogP contribution in [0.1, 0.15) is 29.9 Å². The predicted octanol–water partition coefficient (Wildman–Crippen LogP) is 3.56. The molecule has 34 heavy (non-hydrogen) atoms. The van der Waals surface area contributed by atoms with Gasteiger partial charge in [0.1, 0.15) is 23.4 Å². The number of nitrogens with zero attached hydrogens (tertiary/aromatic N) is 1. The number of nitrogens with one attached hydrogen (secondary N) is 2. The Morgan fingerprint density at radius 3 is 2.32 bits per heavy atom. The summed E-state index contributed by atoms with van der Waals surface area (Å²) in [5, 5.41) is 15.6. The van der Waals surface area contributed by atoms with E-state index in [1.54, 1.807) is 18.2 Å². The summed E-state index contributed by atoms with van der Waals surface area (Å²) in [4.78, 5) is 27.2. The van der Waals surface area contributed by atoms with Gasteiger partial charge in [0.15, 0.2) is 0 Å². The topological polar surface area (TPSA) is 90.9 Å². The standard InChI is InChI=1S/C23H23Cl2F2N3O4/c1-34-15-9-17(26)19(18(27)10-15)16-11-30(4-5-31)21(32)20(16)28-22(33)29-23(2-3-23)12-6-13(24)8-14(25)7-12/h6-10,16,20,31H,2-5,11H2,1H3,(H2,28,29,33)/t16-,20-/m0/s1. The van der Waals surface area contributed by atoms with Crippen LogP contribution >= 0.6 is 23.2 Å². The number of aliphatic hydroxyl groups is 1. The molecule has 3 N–H and O–H groups in total. The fraction of sp³-hybridized carbons (Fsp3) is 0.391.